The smallest absolute Gasteiger partial charge is 0.328 e. The molecule has 1 amide bonds. The van der Waals surface area contributed by atoms with E-state index in [1.807, 2.05) is 54.6 Å². The monoisotopic (exact) mass is 467 g/mol. The number of hydrogen-bond acceptors (Lipinski definition) is 5. The second kappa shape index (κ2) is 10.3. The molecule has 2 aromatic carbocycles. The minimum absolute atomic E-state index is 0.251. The molecule has 182 valence electrons. The standard InChI is InChI=1S/C27H33NO6/c1-26(2)21(14-15-27(26,3)25(31)32)23(29)28-22(24(30)33-4)16-18-10-12-20(13-11-18)34-17-19-8-6-5-7-9-19/h5-13,21-22H,14-17H2,1-4H3,(H,28,29)(H,31,32)/t21-,22+,27+/m1/s1. The molecule has 1 aliphatic carbocycles. The number of carbonyl (C=O) groups is 3. The molecule has 7 nitrogen and oxygen atoms in total. The van der Waals surface area contributed by atoms with Crippen LogP contribution in [0.3, 0.4) is 0 Å². The van der Waals surface area contributed by atoms with Crippen LogP contribution in [0, 0.1) is 16.7 Å². The number of carboxylic acid groups (broad SMARTS) is 1. The SMILES string of the molecule is COC(=O)[C@H](Cc1ccc(OCc2ccccc2)cc1)NC(=O)[C@H]1CC[C@@](C)(C(=O)O)C1(C)C. The first kappa shape index (κ1) is 25.3. The molecule has 3 rings (SSSR count). The summed E-state index contributed by atoms with van der Waals surface area (Å²) >= 11 is 0. The molecular formula is C27H33NO6. The van der Waals surface area contributed by atoms with Gasteiger partial charge >= 0.3 is 11.9 Å². The summed E-state index contributed by atoms with van der Waals surface area (Å²) in [7, 11) is 1.28. The summed E-state index contributed by atoms with van der Waals surface area (Å²) in [4.78, 5) is 37.4. The number of aliphatic carboxylic acids is 1. The van der Waals surface area contributed by atoms with E-state index in [9.17, 15) is 19.5 Å². The minimum atomic E-state index is -1.01. The minimum Gasteiger partial charge on any atom is -0.489 e. The topological polar surface area (TPSA) is 102 Å². The highest BCUT2D eigenvalue weighted by Gasteiger charge is 2.58. The van der Waals surface area contributed by atoms with E-state index in [4.69, 9.17) is 9.47 Å². The number of nitrogens with one attached hydrogen (secondary N) is 1. The van der Waals surface area contributed by atoms with Gasteiger partial charge in [0.2, 0.25) is 5.91 Å². The van der Waals surface area contributed by atoms with Crippen molar-refractivity contribution in [3.8, 4) is 5.75 Å². The van der Waals surface area contributed by atoms with Crippen molar-refractivity contribution in [1.82, 2.24) is 5.32 Å². The van der Waals surface area contributed by atoms with Gasteiger partial charge in [-0.2, -0.15) is 0 Å². The third-order valence-electron chi connectivity index (χ3n) is 7.43. The normalized spacial score (nSPS) is 21.9. The Morgan fingerprint density at radius 2 is 1.68 bits per heavy atom. The van der Waals surface area contributed by atoms with Gasteiger partial charge in [0.05, 0.1) is 12.5 Å². The second-order valence-corrected chi connectivity index (χ2v) is 9.66. The lowest BCUT2D eigenvalue weighted by Gasteiger charge is -2.38. The summed E-state index contributed by atoms with van der Waals surface area (Å²) in [5.41, 5.74) is 0.129. The predicted molar refractivity (Wildman–Crippen MR) is 127 cm³/mol. The molecule has 1 saturated carbocycles. The summed E-state index contributed by atoms with van der Waals surface area (Å²) in [5.74, 6) is -1.60. The maximum Gasteiger partial charge on any atom is 0.328 e. The molecule has 7 heteroatoms. The van der Waals surface area contributed by atoms with Gasteiger partial charge in [0.15, 0.2) is 0 Å². The average molecular weight is 468 g/mol. The highest BCUT2D eigenvalue weighted by molar-refractivity contribution is 5.88. The summed E-state index contributed by atoms with van der Waals surface area (Å²) in [6, 6.07) is 16.3. The van der Waals surface area contributed by atoms with Gasteiger partial charge < -0.3 is 19.9 Å². The fraction of sp³-hybridized carbons (Fsp3) is 0.444. The zero-order chi connectivity index (χ0) is 24.9. The molecule has 0 unspecified atom stereocenters. The first-order valence-electron chi connectivity index (χ1n) is 11.5. The van der Waals surface area contributed by atoms with E-state index in [0.29, 0.717) is 25.2 Å². The molecule has 3 atom stereocenters. The van der Waals surface area contributed by atoms with Gasteiger partial charge in [-0.3, -0.25) is 9.59 Å². The first-order valence-corrected chi connectivity index (χ1v) is 11.5. The van der Waals surface area contributed by atoms with Crippen LogP contribution in [0.2, 0.25) is 0 Å². The molecule has 0 saturated heterocycles. The highest BCUT2D eigenvalue weighted by atomic mass is 16.5. The lowest BCUT2D eigenvalue weighted by molar-refractivity contribution is -0.156. The molecular weight excluding hydrogens is 434 g/mol. The fourth-order valence-corrected chi connectivity index (χ4v) is 4.65. The number of esters is 1. The van der Waals surface area contributed by atoms with Gasteiger partial charge in [0.25, 0.3) is 0 Å². The zero-order valence-corrected chi connectivity index (χ0v) is 20.2. The Kier molecular flexibility index (Phi) is 7.64. The van der Waals surface area contributed by atoms with Crippen LogP contribution in [0.4, 0.5) is 0 Å². The lowest BCUT2D eigenvalue weighted by atomic mass is 9.65. The quantitative estimate of drug-likeness (QED) is 0.541. The molecule has 0 aliphatic heterocycles. The van der Waals surface area contributed by atoms with Crippen molar-refractivity contribution < 1.29 is 29.0 Å². The Balaban J connectivity index is 1.65. The van der Waals surface area contributed by atoms with E-state index in [-0.39, 0.29) is 12.3 Å². The number of methoxy groups -OCH3 is 1. The van der Waals surface area contributed by atoms with Gasteiger partial charge in [0.1, 0.15) is 18.4 Å². The number of hydrogen-bond donors (Lipinski definition) is 2. The molecule has 1 aliphatic rings. The van der Waals surface area contributed by atoms with Crippen LogP contribution in [-0.4, -0.2) is 36.1 Å². The van der Waals surface area contributed by atoms with E-state index in [1.165, 1.54) is 7.11 Å². The Bertz CT molecular complexity index is 1020. The molecule has 0 radical (unpaired) electrons. The maximum absolute atomic E-state index is 13.1. The van der Waals surface area contributed by atoms with E-state index in [0.717, 1.165) is 11.1 Å². The van der Waals surface area contributed by atoms with Crippen molar-refractivity contribution in [2.75, 3.05) is 7.11 Å². The van der Waals surface area contributed by atoms with E-state index < -0.39 is 34.7 Å². The third kappa shape index (κ3) is 5.24. The number of ether oxygens (including phenoxy) is 2. The number of amides is 1. The highest BCUT2D eigenvalue weighted by Crippen LogP contribution is 2.56. The van der Waals surface area contributed by atoms with Crippen molar-refractivity contribution in [1.29, 1.82) is 0 Å². The Morgan fingerprint density at radius 1 is 1.03 bits per heavy atom. The van der Waals surface area contributed by atoms with Gasteiger partial charge in [-0.1, -0.05) is 56.3 Å². The fourth-order valence-electron chi connectivity index (χ4n) is 4.65. The van der Waals surface area contributed by atoms with Gasteiger partial charge in [-0.05, 0) is 48.4 Å². The van der Waals surface area contributed by atoms with Crippen molar-refractivity contribution in [3.63, 3.8) is 0 Å². The van der Waals surface area contributed by atoms with Crippen LogP contribution in [0.5, 0.6) is 5.75 Å². The van der Waals surface area contributed by atoms with Gasteiger partial charge in [-0.15, -0.1) is 0 Å². The zero-order valence-electron chi connectivity index (χ0n) is 20.2. The van der Waals surface area contributed by atoms with Crippen LogP contribution < -0.4 is 10.1 Å². The lowest BCUT2D eigenvalue weighted by Crippen LogP contribution is -2.50. The Morgan fingerprint density at radius 3 is 2.24 bits per heavy atom. The second-order valence-electron chi connectivity index (χ2n) is 9.66. The summed E-state index contributed by atoms with van der Waals surface area (Å²) in [6.45, 7) is 5.74. The molecule has 1 fully saturated rings. The molecule has 0 spiro atoms. The van der Waals surface area contributed by atoms with Gasteiger partial charge in [-0.25, -0.2) is 4.79 Å². The third-order valence-corrected chi connectivity index (χ3v) is 7.43. The van der Waals surface area contributed by atoms with Crippen LogP contribution in [0.15, 0.2) is 54.6 Å². The van der Waals surface area contributed by atoms with Crippen LogP contribution >= 0.6 is 0 Å². The summed E-state index contributed by atoms with van der Waals surface area (Å²) in [6.07, 6.45) is 1.10. The van der Waals surface area contributed by atoms with Crippen molar-refractivity contribution in [2.24, 2.45) is 16.7 Å². The molecule has 0 heterocycles. The average Bonchev–Trinajstić information content (AvgIpc) is 3.08. The maximum atomic E-state index is 13.1. The largest absolute Gasteiger partial charge is 0.489 e. The first-order chi connectivity index (χ1) is 16.1. The van der Waals surface area contributed by atoms with E-state index >= 15 is 0 Å². The number of benzene rings is 2. The molecule has 0 bridgehead atoms. The summed E-state index contributed by atoms with van der Waals surface area (Å²) < 4.78 is 10.7. The van der Waals surface area contributed by atoms with Crippen LogP contribution in [-0.2, 0) is 32.1 Å². The molecule has 2 N–H and O–H groups in total. The van der Waals surface area contributed by atoms with Crippen LogP contribution in [0.25, 0.3) is 0 Å². The summed E-state index contributed by atoms with van der Waals surface area (Å²) in [5, 5.41) is 12.5. The Labute approximate surface area is 200 Å². The number of carboxylic acids is 1. The van der Waals surface area contributed by atoms with Gasteiger partial charge in [0, 0.05) is 12.3 Å². The number of carbonyl (C=O) groups excluding carboxylic acids is 2. The number of rotatable bonds is 9. The van der Waals surface area contributed by atoms with Crippen molar-refractivity contribution in [3.05, 3.63) is 65.7 Å². The molecule has 0 aromatic heterocycles. The van der Waals surface area contributed by atoms with E-state index in [2.05, 4.69) is 5.32 Å². The van der Waals surface area contributed by atoms with Crippen molar-refractivity contribution in [2.45, 2.75) is 52.7 Å². The Hall–Kier alpha value is -3.35. The van der Waals surface area contributed by atoms with Crippen molar-refractivity contribution >= 4 is 17.8 Å². The van der Waals surface area contributed by atoms with Crippen LogP contribution in [0.1, 0.15) is 44.7 Å². The predicted octanol–water partition coefficient (Wildman–Crippen LogP) is 3.99. The molecule has 34 heavy (non-hydrogen) atoms. The molecule has 2 aromatic rings. The van der Waals surface area contributed by atoms with E-state index in [1.54, 1.807) is 20.8 Å².